The number of rotatable bonds is 7. The summed E-state index contributed by atoms with van der Waals surface area (Å²) in [7, 11) is 0. The Bertz CT molecular complexity index is 414. The van der Waals surface area contributed by atoms with Crippen molar-refractivity contribution in [2.24, 2.45) is 0 Å². The summed E-state index contributed by atoms with van der Waals surface area (Å²) >= 11 is 1.35. The highest BCUT2D eigenvalue weighted by Gasteiger charge is 2.32. The number of carboxylic acids is 1. The molecule has 1 rings (SSSR count). The largest absolute Gasteiger partial charge is 0.480 e. The first kappa shape index (κ1) is 14.9. The van der Waals surface area contributed by atoms with Gasteiger partial charge in [0.25, 0.3) is 0 Å². The Morgan fingerprint density at radius 2 is 2.33 bits per heavy atom. The maximum absolute atomic E-state index is 11.3. The topological polar surface area (TPSA) is 75.1 Å². The molecule has 6 heteroatoms. The molecule has 0 radical (unpaired) electrons. The van der Waals surface area contributed by atoms with Crippen molar-refractivity contribution in [2.75, 3.05) is 12.3 Å². The monoisotopic (exact) mass is 269 g/mol. The van der Waals surface area contributed by atoms with Crippen molar-refractivity contribution in [2.45, 2.75) is 37.9 Å². The van der Waals surface area contributed by atoms with E-state index in [4.69, 9.17) is 0 Å². The quantitative estimate of drug-likeness (QED) is 0.580. The van der Waals surface area contributed by atoms with E-state index in [1.165, 1.54) is 11.8 Å². The van der Waals surface area contributed by atoms with Gasteiger partial charge < -0.3 is 10.4 Å². The number of nitrogens with one attached hydrogen (secondary N) is 1. The van der Waals surface area contributed by atoms with Gasteiger partial charge in [0.2, 0.25) is 0 Å². The maximum Gasteiger partial charge on any atom is 0.324 e. The minimum Gasteiger partial charge on any atom is -0.480 e. The van der Waals surface area contributed by atoms with E-state index in [0.29, 0.717) is 17.5 Å². The zero-order valence-corrected chi connectivity index (χ0v) is 11.8. The first-order valence-electron chi connectivity index (χ1n) is 5.89. The fourth-order valence-electron chi connectivity index (χ4n) is 1.29. The van der Waals surface area contributed by atoms with Crippen molar-refractivity contribution in [1.82, 2.24) is 15.3 Å². The molecule has 1 aromatic rings. The smallest absolute Gasteiger partial charge is 0.324 e. The van der Waals surface area contributed by atoms with Crippen LogP contribution in [0.1, 0.15) is 26.0 Å². The fourth-order valence-corrected chi connectivity index (χ4v) is 2.28. The van der Waals surface area contributed by atoms with Crippen molar-refractivity contribution in [3.05, 3.63) is 18.0 Å². The molecule has 0 bridgehead atoms. The molecule has 0 fully saturated rings. The summed E-state index contributed by atoms with van der Waals surface area (Å²) < 4.78 is 0. The van der Waals surface area contributed by atoms with Gasteiger partial charge in [-0.25, -0.2) is 9.97 Å². The number of aryl methyl sites for hydroxylation is 1. The molecule has 0 spiro atoms. The number of thioether (sulfide) groups is 1. The number of aliphatic carboxylic acids is 1. The lowest BCUT2D eigenvalue weighted by molar-refractivity contribution is -0.143. The highest BCUT2D eigenvalue weighted by atomic mass is 32.2. The van der Waals surface area contributed by atoms with Gasteiger partial charge >= 0.3 is 5.97 Å². The standard InChI is InChI=1S/C12H19N3O2S/c1-4-6-14-12(3,10(16)17)8-18-11-13-7-5-9(2)15-11/h5,7,14H,4,6,8H2,1-3H3,(H,16,17). The lowest BCUT2D eigenvalue weighted by atomic mass is 10.1. The van der Waals surface area contributed by atoms with E-state index < -0.39 is 11.5 Å². The highest BCUT2D eigenvalue weighted by Crippen LogP contribution is 2.19. The summed E-state index contributed by atoms with van der Waals surface area (Å²) in [6.45, 7) is 6.26. The van der Waals surface area contributed by atoms with Crippen LogP contribution in [0.15, 0.2) is 17.4 Å². The van der Waals surface area contributed by atoms with Crippen molar-refractivity contribution in [3.8, 4) is 0 Å². The first-order chi connectivity index (χ1) is 8.48. The molecular formula is C12H19N3O2S. The average molecular weight is 269 g/mol. The molecule has 0 aliphatic carbocycles. The molecule has 18 heavy (non-hydrogen) atoms. The van der Waals surface area contributed by atoms with E-state index >= 15 is 0 Å². The molecule has 1 atom stereocenters. The van der Waals surface area contributed by atoms with Crippen LogP contribution in [-0.4, -0.2) is 38.9 Å². The molecule has 1 unspecified atom stereocenters. The van der Waals surface area contributed by atoms with Gasteiger partial charge in [-0.05, 0) is 32.9 Å². The Morgan fingerprint density at radius 1 is 1.61 bits per heavy atom. The van der Waals surface area contributed by atoms with Crippen molar-refractivity contribution in [3.63, 3.8) is 0 Å². The van der Waals surface area contributed by atoms with Gasteiger partial charge in [0.15, 0.2) is 5.16 Å². The molecule has 1 heterocycles. The Balaban J connectivity index is 2.65. The second-order valence-corrected chi connectivity index (χ2v) is 5.28. The van der Waals surface area contributed by atoms with Crippen LogP contribution in [0.25, 0.3) is 0 Å². The number of aromatic nitrogens is 2. The van der Waals surface area contributed by atoms with E-state index in [-0.39, 0.29) is 0 Å². The van der Waals surface area contributed by atoms with E-state index in [0.717, 1.165) is 12.1 Å². The predicted octanol–water partition coefficient (Wildman–Crippen LogP) is 1.72. The molecule has 0 saturated carbocycles. The fraction of sp³-hybridized carbons (Fsp3) is 0.583. The van der Waals surface area contributed by atoms with Crippen LogP contribution in [0.5, 0.6) is 0 Å². The normalized spacial score (nSPS) is 14.2. The number of hydrogen-bond acceptors (Lipinski definition) is 5. The van der Waals surface area contributed by atoms with E-state index in [1.54, 1.807) is 13.1 Å². The predicted molar refractivity (Wildman–Crippen MR) is 71.8 cm³/mol. The average Bonchev–Trinajstić information content (AvgIpc) is 2.34. The zero-order chi connectivity index (χ0) is 13.6. The van der Waals surface area contributed by atoms with Crippen LogP contribution in [0.3, 0.4) is 0 Å². The van der Waals surface area contributed by atoms with Gasteiger partial charge in [0, 0.05) is 17.6 Å². The van der Waals surface area contributed by atoms with E-state index in [2.05, 4.69) is 15.3 Å². The van der Waals surface area contributed by atoms with Crippen LogP contribution in [-0.2, 0) is 4.79 Å². The molecule has 0 aromatic carbocycles. The van der Waals surface area contributed by atoms with Crippen LogP contribution < -0.4 is 5.32 Å². The highest BCUT2D eigenvalue weighted by molar-refractivity contribution is 7.99. The lowest BCUT2D eigenvalue weighted by Crippen LogP contribution is -2.52. The second kappa shape index (κ2) is 6.70. The maximum atomic E-state index is 11.3. The molecule has 1 aromatic heterocycles. The minimum atomic E-state index is -0.951. The van der Waals surface area contributed by atoms with Crippen molar-refractivity contribution in [1.29, 1.82) is 0 Å². The SMILES string of the molecule is CCCNC(C)(CSc1nccc(C)n1)C(=O)O. The third-order valence-electron chi connectivity index (χ3n) is 2.50. The molecule has 2 N–H and O–H groups in total. The lowest BCUT2D eigenvalue weighted by Gasteiger charge is -2.25. The number of nitrogens with zero attached hydrogens (tertiary/aromatic N) is 2. The van der Waals surface area contributed by atoms with E-state index in [9.17, 15) is 9.90 Å². The summed E-state index contributed by atoms with van der Waals surface area (Å²) in [5.41, 5.74) is -0.0700. The Hall–Kier alpha value is -1.14. The molecular weight excluding hydrogens is 250 g/mol. The van der Waals surface area contributed by atoms with Gasteiger partial charge in [-0.3, -0.25) is 4.79 Å². The summed E-state index contributed by atoms with van der Waals surface area (Å²) in [6, 6.07) is 1.82. The summed E-state index contributed by atoms with van der Waals surface area (Å²) in [5.74, 6) is -0.456. The number of carbonyl (C=O) groups is 1. The Kier molecular flexibility index (Phi) is 5.55. The molecule has 5 nitrogen and oxygen atoms in total. The van der Waals surface area contributed by atoms with Crippen LogP contribution in [0, 0.1) is 6.92 Å². The van der Waals surface area contributed by atoms with Crippen molar-refractivity contribution < 1.29 is 9.90 Å². The van der Waals surface area contributed by atoms with Gasteiger partial charge in [-0.15, -0.1) is 0 Å². The molecule has 0 amide bonds. The molecule has 0 aliphatic rings. The van der Waals surface area contributed by atoms with Crippen molar-refractivity contribution >= 4 is 17.7 Å². The minimum absolute atomic E-state index is 0.395. The molecule has 100 valence electrons. The number of carboxylic acid groups (broad SMARTS) is 1. The van der Waals surface area contributed by atoms with E-state index in [1.807, 2.05) is 19.9 Å². The van der Waals surface area contributed by atoms with Gasteiger partial charge in [0.05, 0.1) is 0 Å². The van der Waals surface area contributed by atoms with Crippen LogP contribution in [0.4, 0.5) is 0 Å². The zero-order valence-electron chi connectivity index (χ0n) is 10.9. The summed E-state index contributed by atoms with van der Waals surface area (Å²) in [5, 5.41) is 12.9. The molecule has 0 saturated heterocycles. The van der Waals surface area contributed by atoms with Gasteiger partial charge in [0.1, 0.15) is 5.54 Å². The van der Waals surface area contributed by atoms with Gasteiger partial charge in [-0.1, -0.05) is 18.7 Å². The summed E-state index contributed by atoms with van der Waals surface area (Å²) in [6.07, 6.45) is 2.58. The van der Waals surface area contributed by atoms with Gasteiger partial charge in [-0.2, -0.15) is 0 Å². The van der Waals surface area contributed by atoms with Crippen LogP contribution in [0.2, 0.25) is 0 Å². The second-order valence-electron chi connectivity index (χ2n) is 4.33. The molecule has 0 aliphatic heterocycles. The Morgan fingerprint density at radius 3 is 2.89 bits per heavy atom. The van der Waals surface area contributed by atoms with Crippen LogP contribution >= 0.6 is 11.8 Å². The Labute approximate surface area is 111 Å². The first-order valence-corrected chi connectivity index (χ1v) is 6.87. The summed E-state index contributed by atoms with van der Waals surface area (Å²) in [4.78, 5) is 19.7. The number of hydrogen-bond donors (Lipinski definition) is 2. The third kappa shape index (κ3) is 4.27. The third-order valence-corrected chi connectivity index (χ3v) is 3.68.